The third-order valence-electron chi connectivity index (χ3n) is 1.20. The van der Waals surface area contributed by atoms with Gasteiger partial charge in [0.1, 0.15) is 0 Å². The molecule has 1 heterocycles. The summed E-state index contributed by atoms with van der Waals surface area (Å²) in [7, 11) is 0. The van der Waals surface area contributed by atoms with E-state index in [1.807, 2.05) is 0 Å². The zero-order chi connectivity index (χ0) is 8.97. The van der Waals surface area contributed by atoms with Crippen molar-refractivity contribution in [2.24, 2.45) is 5.73 Å². The van der Waals surface area contributed by atoms with Crippen molar-refractivity contribution in [2.45, 2.75) is 0 Å². The Labute approximate surface area is 69.6 Å². The van der Waals surface area contributed by atoms with E-state index in [2.05, 4.69) is 16.8 Å². The Balaban J connectivity index is 2.97. The van der Waals surface area contributed by atoms with Crippen LogP contribution in [0.4, 0.5) is 10.2 Å². The molecule has 12 heavy (non-hydrogen) atoms. The van der Waals surface area contributed by atoms with Crippen LogP contribution in [0, 0.1) is 17.7 Å². The summed E-state index contributed by atoms with van der Waals surface area (Å²) in [4.78, 5) is 3.59. The lowest BCUT2D eigenvalue weighted by Crippen LogP contribution is -1.96. The van der Waals surface area contributed by atoms with Gasteiger partial charge in [0, 0.05) is 11.8 Å². The van der Waals surface area contributed by atoms with Crippen LogP contribution in [0.15, 0.2) is 12.3 Å². The molecule has 0 aromatic carbocycles. The zero-order valence-electron chi connectivity index (χ0n) is 6.34. The van der Waals surface area contributed by atoms with Crippen LogP contribution in [0.2, 0.25) is 0 Å². The normalized spacial score (nSPS) is 8.83. The number of hydrogen-bond donors (Lipinski definition) is 2. The molecule has 0 saturated carbocycles. The molecule has 0 amide bonds. The summed E-state index contributed by atoms with van der Waals surface area (Å²) in [5.41, 5.74) is 10.8. The van der Waals surface area contributed by atoms with Gasteiger partial charge in [-0.2, -0.15) is 0 Å². The molecule has 1 rings (SSSR count). The molecule has 0 spiro atoms. The number of hydrogen-bond acceptors (Lipinski definition) is 3. The number of rotatable bonds is 0. The maximum atomic E-state index is 12.7. The predicted octanol–water partition coefficient (Wildman–Crippen LogP) is 0.113. The molecule has 62 valence electrons. The third kappa shape index (κ3) is 1.94. The molecule has 0 aliphatic rings. The Hall–Kier alpha value is -1.60. The highest BCUT2D eigenvalue weighted by molar-refractivity contribution is 5.39. The van der Waals surface area contributed by atoms with Crippen molar-refractivity contribution >= 4 is 5.82 Å². The average molecular weight is 165 g/mol. The van der Waals surface area contributed by atoms with E-state index in [9.17, 15) is 4.39 Å². The second kappa shape index (κ2) is 3.69. The van der Waals surface area contributed by atoms with Gasteiger partial charge < -0.3 is 11.5 Å². The molecule has 0 bridgehead atoms. The lowest BCUT2D eigenvalue weighted by molar-refractivity contribution is 0.626. The van der Waals surface area contributed by atoms with Crippen LogP contribution in [0.25, 0.3) is 0 Å². The molecule has 0 aliphatic carbocycles. The van der Waals surface area contributed by atoms with Gasteiger partial charge in [-0.1, -0.05) is 11.8 Å². The Kier molecular flexibility index (Phi) is 2.62. The van der Waals surface area contributed by atoms with Gasteiger partial charge in [-0.05, 0) is 6.07 Å². The van der Waals surface area contributed by atoms with Crippen LogP contribution >= 0.6 is 0 Å². The minimum Gasteiger partial charge on any atom is -0.381 e. The number of nitrogens with zero attached hydrogens (tertiary/aromatic N) is 1. The van der Waals surface area contributed by atoms with E-state index in [0.29, 0.717) is 5.56 Å². The minimum atomic E-state index is -0.557. The lowest BCUT2D eigenvalue weighted by atomic mass is 10.3. The molecule has 0 saturated heterocycles. The van der Waals surface area contributed by atoms with E-state index in [4.69, 9.17) is 11.5 Å². The number of nitrogens with two attached hydrogens (primary N) is 2. The maximum absolute atomic E-state index is 12.7. The summed E-state index contributed by atoms with van der Waals surface area (Å²) in [6, 6.07) is 1.23. The van der Waals surface area contributed by atoms with E-state index in [0.717, 1.165) is 0 Å². The number of anilines is 1. The van der Waals surface area contributed by atoms with Crippen molar-refractivity contribution in [1.82, 2.24) is 4.98 Å². The first-order valence-corrected chi connectivity index (χ1v) is 3.34. The molecular formula is C8H8FN3. The summed E-state index contributed by atoms with van der Waals surface area (Å²) >= 11 is 0. The smallest absolute Gasteiger partial charge is 0.166 e. The second-order valence-electron chi connectivity index (χ2n) is 2.10. The molecule has 0 aliphatic heterocycles. The van der Waals surface area contributed by atoms with Crippen LogP contribution in [0.1, 0.15) is 5.56 Å². The van der Waals surface area contributed by atoms with Crippen molar-refractivity contribution in [3.05, 3.63) is 23.6 Å². The fourth-order valence-corrected chi connectivity index (χ4v) is 0.670. The highest BCUT2D eigenvalue weighted by Gasteiger charge is 1.97. The molecule has 3 nitrogen and oxygen atoms in total. The Morgan fingerprint density at radius 2 is 2.33 bits per heavy atom. The quantitative estimate of drug-likeness (QED) is 0.536. The summed E-state index contributed by atoms with van der Waals surface area (Å²) in [5, 5.41) is 0. The largest absolute Gasteiger partial charge is 0.381 e. The first-order chi connectivity index (χ1) is 5.74. The van der Waals surface area contributed by atoms with Crippen LogP contribution in [-0.4, -0.2) is 11.5 Å². The van der Waals surface area contributed by atoms with Gasteiger partial charge in [-0.3, -0.25) is 0 Å². The van der Waals surface area contributed by atoms with Crippen LogP contribution < -0.4 is 11.5 Å². The molecule has 1 aromatic rings. The minimum absolute atomic E-state index is 0.117. The van der Waals surface area contributed by atoms with Crippen molar-refractivity contribution in [1.29, 1.82) is 0 Å². The van der Waals surface area contributed by atoms with Crippen LogP contribution in [-0.2, 0) is 0 Å². The molecule has 4 heteroatoms. The Bertz CT molecular complexity index is 338. The highest BCUT2D eigenvalue weighted by Crippen LogP contribution is 2.06. The summed E-state index contributed by atoms with van der Waals surface area (Å²) in [6.07, 6.45) is 1.40. The molecule has 0 radical (unpaired) electrons. The number of pyridine rings is 1. The summed E-state index contributed by atoms with van der Waals surface area (Å²) in [6.45, 7) is 0.242. The van der Waals surface area contributed by atoms with E-state index in [1.54, 1.807) is 0 Å². The topological polar surface area (TPSA) is 64.9 Å². The average Bonchev–Trinajstić information content (AvgIpc) is 2.07. The van der Waals surface area contributed by atoms with E-state index >= 15 is 0 Å². The fraction of sp³-hybridized carbons (Fsp3) is 0.125. The second-order valence-corrected chi connectivity index (χ2v) is 2.10. The van der Waals surface area contributed by atoms with Gasteiger partial charge in [0.25, 0.3) is 0 Å². The summed E-state index contributed by atoms with van der Waals surface area (Å²) in [5.74, 6) is 4.55. The third-order valence-corrected chi connectivity index (χ3v) is 1.20. The van der Waals surface area contributed by atoms with E-state index in [1.165, 1.54) is 12.3 Å². The van der Waals surface area contributed by atoms with Gasteiger partial charge in [-0.15, -0.1) is 0 Å². The number of aromatic nitrogens is 1. The van der Waals surface area contributed by atoms with E-state index < -0.39 is 5.82 Å². The summed E-state index contributed by atoms with van der Waals surface area (Å²) < 4.78 is 12.7. The highest BCUT2D eigenvalue weighted by atomic mass is 19.1. The molecule has 0 unspecified atom stereocenters. The molecule has 0 atom stereocenters. The first-order valence-electron chi connectivity index (χ1n) is 3.34. The Morgan fingerprint density at radius 3 is 2.92 bits per heavy atom. The van der Waals surface area contributed by atoms with Gasteiger partial charge in [0.15, 0.2) is 11.6 Å². The lowest BCUT2D eigenvalue weighted by Gasteiger charge is -1.94. The molecule has 0 fully saturated rings. The van der Waals surface area contributed by atoms with Crippen LogP contribution in [0.5, 0.6) is 0 Å². The van der Waals surface area contributed by atoms with Gasteiger partial charge in [0.2, 0.25) is 0 Å². The van der Waals surface area contributed by atoms with Gasteiger partial charge in [-0.25, -0.2) is 9.37 Å². The monoisotopic (exact) mass is 165 g/mol. The molecule has 4 N–H and O–H groups in total. The molecule has 1 aromatic heterocycles. The zero-order valence-corrected chi connectivity index (χ0v) is 6.34. The van der Waals surface area contributed by atoms with E-state index in [-0.39, 0.29) is 12.4 Å². The van der Waals surface area contributed by atoms with Crippen molar-refractivity contribution in [3.63, 3.8) is 0 Å². The predicted molar refractivity (Wildman–Crippen MR) is 44.5 cm³/mol. The molecular weight excluding hydrogens is 157 g/mol. The first kappa shape index (κ1) is 8.50. The van der Waals surface area contributed by atoms with Crippen molar-refractivity contribution < 1.29 is 4.39 Å². The van der Waals surface area contributed by atoms with Crippen molar-refractivity contribution in [2.75, 3.05) is 12.3 Å². The van der Waals surface area contributed by atoms with Gasteiger partial charge in [0.05, 0.1) is 6.54 Å². The SMILES string of the molecule is NCC#Cc1cnc(N)c(F)c1. The number of nitrogen functional groups attached to an aromatic ring is 1. The standard InChI is InChI=1S/C8H8FN3/c9-7-4-6(2-1-3-10)5-12-8(7)11/h4-5H,3,10H2,(H2,11,12). The van der Waals surface area contributed by atoms with Crippen LogP contribution in [0.3, 0.4) is 0 Å². The number of halogens is 1. The van der Waals surface area contributed by atoms with Crippen molar-refractivity contribution in [3.8, 4) is 11.8 Å². The van der Waals surface area contributed by atoms with Gasteiger partial charge >= 0.3 is 0 Å². The Morgan fingerprint density at radius 1 is 1.58 bits per heavy atom. The maximum Gasteiger partial charge on any atom is 0.166 e. The fourth-order valence-electron chi connectivity index (χ4n) is 0.670.